The molecule has 1 saturated heterocycles. The summed E-state index contributed by atoms with van der Waals surface area (Å²) in [6, 6.07) is 1.37. The van der Waals surface area contributed by atoms with Crippen molar-refractivity contribution in [1.82, 2.24) is 9.55 Å². The van der Waals surface area contributed by atoms with E-state index in [1.54, 1.807) is 0 Å². The summed E-state index contributed by atoms with van der Waals surface area (Å²) >= 11 is 0. The van der Waals surface area contributed by atoms with E-state index in [1.165, 1.54) is 12.3 Å². The maximum atomic E-state index is 11.5. The molecular weight excluding hydrogens is 371 g/mol. The molecule has 15 heteroatoms. The molecule has 24 heavy (non-hydrogen) atoms. The summed E-state index contributed by atoms with van der Waals surface area (Å²) in [6.07, 6.45) is -3.27. The smallest absolute Gasteiger partial charge is 0.394 e. The number of ether oxygens (including phenoxy) is 1. The number of hydrogen-bond acceptors (Lipinski definition) is 8. The van der Waals surface area contributed by atoms with Crippen LogP contribution in [0, 0.1) is 0 Å². The van der Waals surface area contributed by atoms with E-state index >= 15 is 0 Å². The van der Waals surface area contributed by atoms with Crippen LogP contribution >= 0.6 is 7.82 Å². The monoisotopic (exact) mass is 387 g/mol. The molecule has 8 N–H and O–H groups in total. The van der Waals surface area contributed by atoms with E-state index in [2.05, 4.69) is 4.98 Å². The molecule has 1 aliphatic heterocycles. The summed E-state index contributed by atoms with van der Waals surface area (Å²) in [7, 11) is -4.64. The van der Waals surface area contributed by atoms with Gasteiger partial charge in [0, 0.05) is 65.3 Å². The zero-order valence-corrected chi connectivity index (χ0v) is 17.9. The predicted molar refractivity (Wildman–Crippen MR) is 81.7 cm³/mol. The Hall–Kier alpha value is 0.630. The number of hydrogen-bond donors (Lipinski definition) is 7. The number of rotatable bonds is 2. The fraction of sp³-hybridized carbons (Fsp3) is 0.556. The van der Waals surface area contributed by atoms with Crippen molar-refractivity contribution >= 4 is 72.8 Å². The van der Waals surface area contributed by atoms with Gasteiger partial charge in [0.15, 0.2) is 6.23 Å². The normalized spacial score (nSPS) is 25.8. The van der Waals surface area contributed by atoms with Crippen LogP contribution in [0.2, 0.25) is 0 Å². The quantitative estimate of drug-likeness (QED) is 0.191. The van der Waals surface area contributed by atoms with Gasteiger partial charge in [-0.1, -0.05) is 0 Å². The number of aliphatic hydroxyl groups excluding tert-OH is 3. The topological polar surface area (TPSA) is 209 Å². The Kier molecular flexibility index (Phi) is 12.7. The third kappa shape index (κ3) is 8.34. The Morgan fingerprint density at radius 3 is 2.12 bits per heavy atom. The number of aromatic nitrogens is 2. The molecule has 0 aromatic carbocycles. The first-order valence-corrected chi connectivity index (χ1v) is 7.36. The van der Waals surface area contributed by atoms with Gasteiger partial charge in [-0.3, -0.25) is 4.57 Å². The van der Waals surface area contributed by atoms with E-state index in [-0.39, 0.29) is 64.9 Å². The minimum atomic E-state index is -4.64. The van der Waals surface area contributed by atoms with Gasteiger partial charge < -0.3 is 40.5 Å². The van der Waals surface area contributed by atoms with E-state index in [9.17, 15) is 15.0 Å². The van der Waals surface area contributed by atoms with Crippen molar-refractivity contribution in [2.45, 2.75) is 24.5 Å². The molecule has 12 nitrogen and oxygen atoms in total. The van der Waals surface area contributed by atoms with Crippen LogP contribution in [-0.2, 0) is 9.30 Å². The first kappa shape index (κ1) is 26.9. The second-order valence-corrected chi connectivity index (χ2v) is 5.31. The van der Waals surface area contributed by atoms with Gasteiger partial charge in [-0.05, 0) is 6.07 Å². The van der Waals surface area contributed by atoms with Gasteiger partial charge in [-0.2, -0.15) is 4.98 Å². The van der Waals surface area contributed by atoms with Crippen LogP contribution in [0.15, 0.2) is 17.1 Å². The van der Waals surface area contributed by atoms with Crippen LogP contribution in [0.25, 0.3) is 0 Å². The molecule has 1 aromatic heterocycles. The molecule has 128 valence electrons. The Morgan fingerprint density at radius 1 is 1.25 bits per heavy atom. The van der Waals surface area contributed by atoms with Crippen LogP contribution in [0.5, 0.6) is 0 Å². The van der Waals surface area contributed by atoms with Crippen LogP contribution in [-0.4, -0.2) is 124 Å². The molecule has 0 bridgehead atoms. The van der Waals surface area contributed by atoms with Crippen molar-refractivity contribution in [3.63, 3.8) is 0 Å². The molecule has 1 aromatic rings. The summed E-state index contributed by atoms with van der Waals surface area (Å²) in [4.78, 5) is 36.6. The van der Waals surface area contributed by atoms with Gasteiger partial charge in [-0.25, -0.2) is 9.36 Å². The van der Waals surface area contributed by atoms with Gasteiger partial charge in [0.25, 0.3) is 0 Å². The Bertz CT molecular complexity index is 604. The van der Waals surface area contributed by atoms with Crippen LogP contribution < -0.4 is 11.4 Å². The summed E-state index contributed by atoms with van der Waals surface area (Å²) in [6.45, 7) is -0.453. The molecule has 0 amide bonds. The maximum absolute atomic E-state index is 11.5. The number of aliphatic hydroxyl groups is 3. The van der Waals surface area contributed by atoms with Gasteiger partial charge >= 0.3 is 13.5 Å². The summed E-state index contributed by atoms with van der Waals surface area (Å²) in [5, 5.41) is 28.2. The number of phosphoric acid groups is 1. The molecule has 2 radical (unpaired) electrons. The minimum absolute atomic E-state index is 0. The summed E-state index contributed by atoms with van der Waals surface area (Å²) in [5.41, 5.74) is 4.63. The maximum Gasteiger partial charge on any atom is 0.466 e. The fourth-order valence-corrected chi connectivity index (χ4v) is 1.73. The molecule has 0 unspecified atom stereocenters. The van der Waals surface area contributed by atoms with E-state index in [0.717, 1.165) is 4.57 Å². The van der Waals surface area contributed by atoms with Crippen molar-refractivity contribution < 1.29 is 39.3 Å². The van der Waals surface area contributed by atoms with Crippen LogP contribution in [0.1, 0.15) is 6.23 Å². The van der Waals surface area contributed by atoms with Gasteiger partial charge in [0.2, 0.25) is 0 Å². The SMILES string of the molecule is Nc1ccn([C@@H]2O[C@H](CO)[C@@H](O)[C@H]2O)c(=O)n1.O=P(O)(O)O.[Na].[Na]. The average Bonchev–Trinajstić information content (AvgIpc) is 2.64. The Morgan fingerprint density at radius 2 is 1.75 bits per heavy atom. The molecule has 0 saturated carbocycles. The third-order valence-electron chi connectivity index (χ3n) is 2.64. The second-order valence-electron chi connectivity index (χ2n) is 4.28. The zero-order valence-electron chi connectivity index (χ0n) is 13.0. The zero-order chi connectivity index (χ0) is 17.1. The standard InChI is InChI=1S/C9H13N3O5.2Na.H3O4P/c10-5-1-2-12(9(16)11-5)8-7(15)6(14)4(3-13)17-8;;;1-5(2,3)4/h1-2,4,6-8,13-15H,3H2,(H2,10,11,16);;;(H3,1,2,3,4)/t4-,6-,7-,8-;;;/m1.../s1. The fourth-order valence-electron chi connectivity index (χ4n) is 1.73. The van der Waals surface area contributed by atoms with E-state index in [0.29, 0.717) is 0 Å². The van der Waals surface area contributed by atoms with E-state index in [1.807, 2.05) is 0 Å². The molecule has 0 aliphatic carbocycles. The number of nitrogens with two attached hydrogens (primary N) is 1. The van der Waals surface area contributed by atoms with Gasteiger partial charge in [0.05, 0.1) is 6.61 Å². The molecular formula is C9H16N3Na2O9P. The van der Waals surface area contributed by atoms with E-state index < -0.39 is 44.7 Å². The van der Waals surface area contributed by atoms with E-state index in [4.69, 9.17) is 34.8 Å². The first-order chi connectivity index (χ1) is 10.0. The second kappa shape index (κ2) is 11.4. The predicted octanol–water partition coefficient (Wildman–Crippen LogP) is -4.25. The number of nitrogen functional groups attached to an aromatic ring is 1. The summed E-state index contributed by atoms with van der Waals surface area (Å²) in [5.74, 6) is 0.0537. The molecule has 0 spiro atoms. The van der Waals surface area contributed by atoms with Crippen molar-refractivity contribution in [2.24, 2.45) is 0 Å². The number of nitrogens with zero attached hydrogens (tertiary/aromatic N) is 2. The van der Waals surface area contributed by atoms with Crippen LogP contribution in [0.4, 0.5) is 5.82 Å². The third-order valence-corrected chi connectivity index (χ3v) is 2.64. The van der Waals surface area contributed by atoms with Gasteiger partial charge in [0.1, 0.15) is 24.1 Å². The molecule has 4 atom stereocenters. The Labute approximate surface area is 180 Å². The molecule has 2 rings (SSSR count). The van der Waals surface area contributed by atoms with Crippen molar-refractivity contribution in [3.05, 3.63) is 22.7 Å². The van der Waals surface area contributed by atoms with Crippen LogP contribution in [0.3, 0.4) is 0 Å². The first-order valence-electron chi connectivity index (χ1n) is 5.80. The summed E-state index contributed by atoms with van der Waals surface area (Å²) < 4.78 is 15.1. The Balaban J connectivity index is 0. The molecule has 2 heterocycles. The largest absolute Gasteiger partial charge is 0.466 e. The number of anilines is 1. The molecule has 1 fully saturated rings. The van der Waals surface area contributed by atoms with Crippen molar-refractivity contribution in [1.29, 1.82) is 0 Å². The minimum Gasteiger partial charge on any atom is -0.394 e. The van der Waals surface area contributed by atoms with Crippen molar-refractivity contribution in [2.75, 3.05) is 12.3 Å². The van der Waals surface area contributed by atoms with Gasteiger partial charge in [-0.15, -0.1) is 0 Å². The van der Waals surface area contributed by atoms with Crippen molar-refractivity contribution in [3.8, 4) is 0 Å². The molecule has 1 aliphatic rings. The average molecular weight is 387 g/mol.